The number of phenols is 1. The van der Waals surface area contributed by atoms with Crippen LogP contribution in [-0.4, -0.2) is 29.9 Å². The summed E-state index contributed by atoms with van der Waals surface area (Å²) in [5.74, 6) is -2.92. The van der Waals surface area contributed by atoms with Crippen molar-refractivity contribution in [2.45, 2.75) is 13.0 Å². The predicted octanol–water partition coefficient (Wildman–Crippen LogP) is 1.14. The molecule has 5 nitrogen and oxygen atoms in total. The van der Waals surface area contributed by atoms with Gasteiger partial charge in [0.15, 0.2) is 23.4 Å². The van der Waals surface area contributed by atoms with Crippen molar-refractivity contribution in [2.75, 3.05) is 13.7 Å². The highest BCUT2D eigenvalue weighted by Gasteiger charge is 2.25. The molecule has 0 aliphatic rings. The third-order valence-corrected chi connectivity index (χ3v) is 2.13. The highest BCUT2D eigenvalue weighted by molar-refractivity contribution is 5.76. The number of methoxy groups -OCH3 is 1. The van der Waals surface area contributed by atoms with Crippen molar-refractivity contribution in [3.63, 3.8) is 0 Å². The second-order valence-electron chi connectivity index (χ2n) is 3.17. The summed E-state index contributed by atoms with van der Waals surface area (Å²) in [5.41, 5.74) is -0.359. The first-order valence-electron chi connectivity index (χ1n) is 4.93. The van der Waals surface area contributed by atoms with E-state index in [4.69, 9.17) is 0 Å². The number of aromatic hydroxyl groups is 1. The maximum Gasteiger partial charge on any atom is 0.339 e. The van der Waals surface area contributed by atoms with E-state index in [0.717, 1.165) is 6.07 Å². The summed E-state index contributed by atoms with van der Waals surface area (Å²) >= 11 is 0. The van der Waals surface area contributed by atoms with Crippen molar-refractivity contribution in [1.82, 2.24) is 0 Å². The zero-order valence-corrected chi connectivity index (χ0v) is 9.44. The van der Waals surface area contributed by atoms with Gasteiger partial charge in [0.05, 0.1) is 13.7 Å². The Morgan fingerprint density at radius 3 is 2.71 bits per heavy atom. The summed E-state index contributed by atoms with van der Waals surface area (Å²) in [4.78, 5) is 11.2. The molecule has 0 amide bonds. The van der Waals surface area contributed by atoms with E-state index in [9.17, 15) is 19.4 Å². The van der Waals surface area contributed by atoms with Gasteiger partial charge in [-0.25, -0.2) is 9.18 Å². The molecule has 0 aliphatic carbocycles. The normalized spacial score (nSPS) is 12.0. The van der Waals surface area contributed by atoms with E-state index in [1.165, 1.54) is 13.2 Å². The van der Waals surface area contributed by atoms with Crippen LogP contribution >= 0.6 is 0 Å². The standard InChI is InChI=1S/C11H13FO5/c1-3-17-11(15)9(13)6-4-5-7(16-2)10(14)8(6)12/h4-5,9,13-14H,3H2,1-2H3. The molecule has 0 bridgehead atoms. The minimum atomic E-state index is -1.77. The molecular weight excluding hydrogens is 231 g/mol. The smallest absolute Gasteiger partial charge is 0.339 e. The number of esters is 1. The van der Waals surface area contributed by atoms with Crippen LogP contribution in [0.15, 0.2) is 12.1 Å². The van der Waals surface area contributed by atoms with Gasteiger partial charge in [0.25, 0.3) is 0 Å². The molecule has 1 rings (SSSR count). The van der Waals surface area contributed by atoms with Crippen molar-refractivity contribution < 1.29 is 28.9 Å². The molecule has 0 radical (unpaired) electrons. The summed E-state index contributed by atoms with van der Waals surface area (Å²) in [6, 6.07) is 2.39. The number of carbonyl (C=O) groups excluding carboxylic acids is 1. The van der Waals surface area contributed by atoms with Gasteiger partial charge >= 0.3 is 5.97 Å². The lowest BCUT2D eigenvalue weighted by atomic mass is 10.1. The lowest BCUT2D eigenvalue weighted by Gasteiger charge is -2.12. The van der Waals surface area contributed by atoms with Gasteiger partial charge in [-0.2, -0.15) is 0 Å². The van der Waals surface area contributed by atoms with Gasteiger partial charge in [-0.05, 0) is 19.1 Å². The van der Waals surface area contributed by atoms with Crippen LogP contribution in [0.5, 0.6) is 11.5 Å². The first-order valence-corrected chi connectivity index (χ1v) is 4.93. The fraction of sp³-hybridized carbons (Fsp3) is 0.364. The number of hydrogen-bond donors (Lipinski definition) is 2. The molecule has 0 aromatic heterocycles. The Labute approximate surface area is 97.4 Å². The van der Waals surface area contributed by atoms with Crippen LogP contribution in [0.25, 0.3) is 0 Å². The maximum atomic E-state index is 13.6. The summed E-state index contributed by atoms with van der Waals surface area (Å²) in [6.07, 6.45) is -1.77. The molecule has 0 saturated carbocycles. The van der Waals surface area contributed by atoms with Crippen LogP contribution in [0.3, 0.4) is 0 Å². The summed E-state index contributed by atoms with van der Waals surface area (Å²) in [5, 5.41) is 18.9. The first kappa shape index (κ1) is 13.2. The molecule has 6 heteroatoms. The number of hydrogen-bond acceptors (Lipinski definition) is 5. The number of carbonyl (C=O) groups is 1. The van der Waals surface area contributed by atoms with E-state index >= 15 is 0 Å². The minimum absolute atomic E-state index is 0.0691. The second-order valence-corrected chi connectivity index (χ2v) is 3.17. The highest BCUT2D eigenvalue weighted by atomic mass is 19.1. The Morgan fingerprint density at radius 2 is 2.18 bits per heavy atom. The SMILES string of the molecule is CCOC(=O)C(O)c1ccc(OC)c(O)c1F. The monoisotopic (exact) mass is 244 g/mol. The van der Waals surface area contributed by atoms with Crippen LogP contribution in [0.2, 0.25) is 0 Å². The van der Waals surface area contributed by atoms with Crippen LogP contribution in [0, 0.1) is 5.82 Å². The van der Waals surface area contributed by atoms with Crippen molar-refractivity contribution in [3.8, 4) is 11.5 Å². The third-order valence-electron chi connectivity index (χ3n) is 2.13. The van der Waals surface area contributed by atoms with Crippen LogP contribution in [0.1, 0.15) is 18.6 Å². The van der Waals surface area contributed by atoms with E-state index in [2.05, 4.69) is 9.47 Å². The van der Waals surface area contributed by atoms with E-state index < -0.39 is 23.6 Å². The average molecular weight is 244 g/mol. The Balaban J connectivity index is 3.07. The zero-order valence-electron chi connectivity index (χ0n) is 9.44. The number of halogens is 1. The number of benzene rings is 1. The minimum Gasteiger partial charge on any atom is -0.502 e. The lowest BCUT2D eigenvalue weighted by molar-refractivity contribution is -0.153. The van der Waals surface area contributed by atoms with Crippen LogP contribution in [-0.2, 0) is 9.53 Å². The van der Waals surface area contributed by atoms with Gasteiger partial charge in [0.1, 0.15) is 0 Å². The first-order chi connectivity index (χ1) is 8.02. The van der Waals surface area contributed by atoms with Gasteiger partial charge in [0.2, 0.25) is 0 Å². The molecule has 1 aromatic rings. The van der Waals surface area contributed by atoms with Crippen molar-refractivity contribution >= 4 is 5.97 Å². The van der Waals surface area contributed by atoms with Crippen molar-refractivity contribution in [3.05, 3.63) is 23.5 Å². The predicted molar refractivity (Wildman–Crippen MR) is 56.2 cm³/mol. The molecular formula is C11H13FO5. The quantitative estimate of drug-likeness (QED) is 0.777. The second kappa shape index (κ2) is 5.49. The van der Waals surface area contributed by atoms with Crippen molar-refractivity contribution in [1.29, 1.82) is 0 Å². The van der Waals surface area contributed by atoms with Crippen LogP contribution < -0.4 is 4.74 Å². The van der Waals surface area contributed by atoms with Gasteiger partial charge < -0.3 is 19.7 Å². The number of phenolic OH excluding ortho intramolecular Hbond substituents is 1. The Hall–Kier alpha value is -1.82. The maximum absolute atomic E-state index is 13.6. The highest BCUT2D eigenvalue weighted by Crippen LogP contribution is 2.33. The summed E-state index contributed by atoms with van der Waals surface area (Å²) < 4.78 is 22.8. The molecule has 1 atom stereocenters. The van der Waals surface area contributed by atoms with Gasteiger partial charge in [0, 0.05) is 5.56 Å². The zero-order chi connectivity index (χ0) is 13.0. The lowest BCUT2D eigenvalue weighted by Crippen LogP contribution is -2.16. The average Bonchev–Trinajstić information content (AvgIpc) is 2.32. The molecule has 0 heterocycles. The van der Waals surface area contributed by atoms with E-state index in [1.807, 2.05) is 0 Å². The van der Waals surface area contributed by atoms with E-state index in [-0.39, 0.29) is 17.9 Å². The Morgan fingerprint density at radius 1 is 1.53 bits per heavy atom. The molecule has 1 unspecified atom stereocenters. The molecule has 2 N–H and O–H groups in total. The molecule has 94 valence electrons. The summed E-state index contributed by atoms with van der Waals surface area (Å²) in [6.45, 7) is 1.63. The third kappa shape index (κ3) is 2.65. The largest absolute Gasteiger partial charge is 0.502 e. The molecule has 0 aliphatic heterocycles. The molecule has 17 heavy (non-hydrogen) atoms. The fourth-order valence-electron chi connectivity index (χ4n) is 1.29. The van der Waals surface area contributed by atoms with Crippen molar-refractivity contribution in [2.24, 2.45) is 0 Å². The number of aliphatic hydroxyl groups is 1. The van der Waals surface area contributed by atoms with Crippen LogP contribution in [0.4, 0.5) is 4.39 Å². The van der Waals surface area contributed by atoms with Gasteiger partial charge in [-0.15, -0.1) is 0 Å². The molecule has 0 spiro atoms. The number of ether oxygens (including phenoxy) is 2. The molecule has 0 fully saturated rings. The van der Waals surface area contributed by atoms with E-state index in [1.54, 1.807) is 6.92 Å². The van der Waals surface area contributed by atoms with Gasteiger partial charge in [-0.1, -0.05) is 0 Å². The van der Waals surface area contributed by atoms with Gasteiger partial charge in [-0.3, -0.25) is 0 Å². The fourth-order valence-corrected chi connectivity index (χ4v) is 1.29. The summed E-state index contributed by atoms with van der Waals surface area (Å²) in [7, 11) is 1.26. The number of rotatable bonds is 4. The van der Waals surface area contributed by atoms with E-state index in [0.29, 0.717) is 0 Å². The molecule has 0 saturated heterocycles. The number of aliphatic hydroxyl groups excluding tert-OH is 1. The molecule has 1 aromatic carbocycles. The Bertz CT molecular complexity index is 419. The topological polar surface area (TPSA) is 76.0 Å². The Kier molecular flexibility index (Phi) is 4.28.